The van der Waals surface area contributed by atoms with E-state index in [4.69, 9.17) is 0 Å². The van der Waals surface area contributed by atoms with Crippen molar-refractivity contribution in [2.75, 3.05) is 13.2 Å². The number of carbonyl (C=O) groups is 1. The maximum Gasteiger partial charge on any atom is 0.315 e. The van der Waals surface area contributed by atoms with Crippen molar-refractivity contribution in [3.63, 3.8) is 0 Å². The van der Waals surface area contributed by atoms with Gasteiger partial charge in [-0.3, -0.25) is 0 Å². The first-order chi connectivity index (χ1) is 11.2. The van der Waals surface area contributed by atoms with E-state index in [2.05, 4.69) is 10.6 Å². The number of phenolic OH excluding ortho intramolecular Hbond substituents is 1. The zero-order valence-electron chi connectivity index (χ0n) is 13.6. The van der Waals surface area contributed by atoms with E-state index in [1.807, 2.05) is 6.07 Å². The van der Waals surface area contributed by atoms with Crippen molar-refractivity contribution >= 4 is 6.03 Å². The molecule has 128 valence electrons. The van der Waals surface area contributed by atoms with E-state index in [9.17, 15) is 15.0 Å². The van der Waals surface area contributed by atoms with Gasteiger partial charge >= 0.3 is 6.03 Å². The SMILES string of the molecule is O=C(NCCc1cccc(O)c1)NC(CCO)C1CCCCC1. The average molecular weight is 320 g/mol. The molecule has 1 atom stereocenters. The number of phenols is 1. The zero-order chi connectivity index (χ0) is 16.5. The lowest BCUT2D eigenvalue weighted by Gasteiger charge is -2.30. The third-order valence-electron chi connectivity index (χ3n) is 4.59. The third kappa shape index (κ3) is 6.10. The number of rotatable bonds is 7. The van der Waals surface area contributed by atoms with Crippen molar-refractivity contribution in [2.45, 2.75) is 51.0 Å². The maximum absolute atomic E-state index is 12.1. The fourth-order valence-electron chi connectivity index (χ4n) is 3.35. The van der Waals surface area contributed by atoms with Crippen molar-refractivity contribution in [1.29, 1.82) is 0 Å². The highest BCUT2D eigenvalue weighted by molar-refractivity contribution is 5.74. The van der Waals surface area contributed by atoms with Crippen LogP contribution in [0.5, 0.6) is 5.75 Å². The van der Waals surface area contributed by atoms with Crippen molar-refractivity contribution < 1.29 is 15.0 Å². The molecule has 1 unspecified atom stereocenters. The lowest BCUT2D eigenvalue weighted by molar-refractivity contribution is 0.197. The van der Waals surface area contributed by atoms with E-state index in [0.717, 1.165) is 18.4 Å². The molecule has 2 amide bonds. The largest absolute Gasteiger partial charge is 0.508 e. The van der Waals surface area contributed by atoms with Crippen LogP contribution in [0.1, 0.15) is 44.1 Å². The van der Waals surface area contributed by atoms with Gasteiger partial charge in [-0.25, -0.2) is 4.79 Å². The third-order valence-corrected chi connectivity index (χ3v) is 4.59. The van der Waals surface area contributed by atoms with Crippen LogP contribution in [-0.4, -0.2) is 35.4 Å². The number of aliphatic hydroxyl groups is 1. The molecule has 0 heterocycles. The Morgan fingerprint density at radius 1 is 1.26 bits per heavy atom. The molecule has 0 aliphatic heterocycles. The standard InChI is InChI=1S/C18H28N2O3/c21-12-10-17(15-6-2-1-3-7-15)20-18(23)19-11-9-14-5-4-8-16(22)13-14/h4-5,8,13,15,17,21-22H,1-3,6-7,9-12H2,(H2,19,20,23). The number of carbonyl (C=O) groups excluding carboxylic acids is 1. The van der Waals surface area contributed by atoms with Gasteiger partial charge in [0.15, 0.2) is 0 Å². The average Bonchev–Trinajstić information content (AvgIpc) is 2.55. The Balaban J connectivity index is 1.75. The van der Waals surface area contributed by atoms with Gasteiger partial charge in [0.1, 0.15) is 5.75 Å². The molecular formula is C18H28N2O3. The molecule has 0 spiro atoms. The molecule has 5 nitrogen and oxygen atoms in total. The number of amides is 2. The summed E-state index contributed by atoms with van der Waals surface area (Å²) in [4.78, 5) is 12.1. The second kappa shape index (κ2) is 9.40. The molecule has 0 bridgehead atoms. The van der Waals surface area contributed by atoms with Crippen LogP contribution in [0.4, 0.5) is 4.79 Å². The van der Waals surface area contributed by atoms with Gasteiger partial charge in [0.05, 0.1) is 0 Å². The van der Waals surface area contributed by atoms with Crippen LogP contribution in [0.15, 0.2) is 24.3 Å². The van der Waals surface area contributed by atoms with Crippen LogP contribution in [-0.2, 0) is 6.42 Å². The second-order valence-electron chi connectivity index (χ2n) is 6.34. The van der Waals surface area contributed by atoms with Gasteiger partial charge in [0, 0.05) is 19.2 Å². The fraction of sp³-hybridized carbons (Fsp3) is 0.611. The van der Waals surface area contributed by atoms with Crippen LogP contribution < -0.4 is 10.6 Å². The first-order valence-corrected chi connectivity index (χ1v) is 8.62. The summed E-state index contributed by atoms with van der Waals surface area (Å²) in [6.07, 6.45) is 7.27. The van der Waals surface area contributed by atoms with Gasteiger partial charge in [-0.2, -0.15) is 0 Å². The minimum atomic E-state index is -0.172. The molecule has 1 saturated carbocycles. The van der Waals surface area contributed by atoms with Crippen molar-refractivity contribution in [3.8, 4) is 5.75 Å². The molecule has 2 rings (SSSR count). The topological polar surface area (TPSA) is 81.6 Å². The Kier molecular flexibility index (Phi) is 7.20. The number of benzene rings is 1. The minimum absolute atomic E-state index is 0.0565. The normalized spacial score (nSPS) is 16.7. The summed E-state index contributed by atoms with van der Waals surface area (Å²) in [6, 6.07) is 6.94. The van der Waals surface area contributed by atoms with E-state index in [1.165, 1.54) is 19.3 Å². The van der Waals surface area contributed by atoms with Crippen molar-refractivity contribution in [2.24, 2.45) is 5.92 Å². The highest BCUT2D eigenvalue weighted by atomic mass is 16.3. The van der Waals surface area contributed by atoms with Crippen LogP contribution in [0.2, 0.25) is 0 Å². The quantitative estimate of drug-likeness (QED) is 0.623. The molecule has 0 aromatic heterocycles. The van der Waals surface area contributed by atoms with E-state index < -0.39 is 0 Å². The molecule has 23 heavy (non-hydrogen) atoms. The Bertz CT molecular complexity index is 487. The Labute approximate surface area is 138 Å². The van der Waals surface area contributed by atoms with Crippen LogP contribution >= 0.6 is 0 Å². The summed E-state index contributed by atoms with van der Waals surface area (Å²) in [7, 11) is 0. The summed E-state index contributed by atoms with van der Waals surface area (Å²) >= 11 is 0. The van der Waals surface area contributed by atoms with E-state index in [1.54, 1.807) is 18.2 Å². The first kappa shape index (κ1) is 17.6. The van der Waals surface area contributed by atoms with Gasteiger partial charge in [0.2, 0.25) is 0 Å². The lowest BCUT2D eigenvalue weighted by Crippen LogP contribution is -2.46. The van der Waals surface area contributed by atoms with Crippen molar-refractivity contribution in [3.05, 3.63) is 29.8 Å². The summed E-state index contributed by atoms with van der Waals surface area (Å²) in [5, 5.41) is 24.5. The monoisotopic (exact) mass is 320 g/mol. The van der Waals surface area contributed by atoms with Gasteiger partial charge in [0.25, 0.3) is 0 Å². The van der Waals surface area contributed by atoms with E-state index in [-0.39, 0.29) is 24.4 Å². The summed E-state index contributed by atoms with van der Waals surface area (Å²) in [5.74, 6) is 0.722. The molecule has 1 aromatic carbocycles. The highest BCUT2D eigenvalue weighted by Gasteiger charge is 2.24. The molecular weight excluding hydrogens is 292 g/mol. The summed E-state index contributed by atoms with van der Waals surface area (Å²) in [6.45, 7) is 0.622. The van der Waals surface area contributed by atoms with Gasteiger partial charge in [-0.05, 0) is 49.3 Å². The predicted octanol–water partition coefficient (Wildman–Crippen LogP) is 2.57. The molecule has 0 radical (unpaired) electrons. The number of urea groups is 1. The zero-order valence-corrected chi connectivity index (χ0v) is 13.6. The number of hydrogen-bond donors (Lipinski definition) is 4. The Hall–Kier alpha value is -1.75. The molecule has 1 aliphatic rings. The maximum atomic E-state index is 12.1. The fourth-order valence-corrected chi connectivity index (χ4v) is 3.35. The summed E-state index contributed by atoms with van der Waals surface area (Å²) in [5.41, 5.74) is 0.990. The smallest absolute Gasteiger partial charge is 0.315 e. The van der Waals surface area contributed by atoms with E-state index >= 15 is 0 Å². The number of hydrogen-bond acceptors (Lipinski definition) is 3. The van der Waals surface area contributed by atoms with Gasteiger partial charge < -0.3 is 20.8 Å². The molecule has 1 fully saturated rings. The predicted molar refractivity (Wildman–Crippen MR) is 90.4 cm³/mol. The second-order valence-corrected chi connectivity index (χ2v) is 6.34. The first-order valence-electron chi connectivity index (χ1n) is 8.62. The van der Waals surface area contributed by atoms with Gasteiger partial charge in [-0.1, -0.05) is 31.4 Å². The van der Waals surface area contributed by atoms with Crippen LogP contribution in [0.3, 0.4) is 0 Å². The Morgan fingerprint density at radius 3 is 2.74 bits per heavy atom. The van der Waals surface area contributed by atoms with Crippen LogP contribution in [0, 0.1) is 5.92 Å². The van der Waals surface area contributed by atoms with Crippen LogP contribution in [0.25, 0.3) is 0 Å². The molecule has 1 aromatic rings. The number of aromatic hydroxyl groups is 1. The molecule has 5 heteroatoms. The van der Waals surface area contributed by atoms with Gasteiger partial charge in [-0.15, -0.1) is 0 Å². The number of nitrogens with one attached hydrogen (secondary N) is 2. The lowest BCUT2D eigenvalue weighted by atomic mass is 9.83. The minimum Gasteiger partial charge on any atom is -0.508 e. The number of aliphatic hydroxyl groups excluding tert-OH is 1. The summed E-state index contributed by atoms with van der Waals surface area (Å²) < 4.78 is 0. The molecule has 0 saturated heterocycles. The molecule has 4 N–H and O–H groups in total. The highest BCUT2D eigenvalue weighted by Crippen LogP contribution is 2.27. The Morgan fingerprint density at radius 2 is 2.04 bits per heavy atom. The van der Waals surface area contributed by atoms with E-state index in [0.29, 0.717) is 25.3 Å². The van der Waals surface area contributed by atoms with Crippen molar-refractivity contribution in [1.82, 2.24) is 10.6 Å². The molecule has 1 aliphatic carbocycles.